The van der Waals surface area contributed by atoms with Gasteiger partial charge in [-0.15, -0.1) is 0 Å². The topological polar surface area (TPSA) is 156 Å². The first-order valence-corrected chi connectivity index (χ1v) is 10.6. The maximum atomic E-state index is 12.0. The van der Waals surface area contributed by atoms with Crippen LogP contribution >= 0.6 is 0 Å². The number of carbonyl (C=O) groups is 2. The van der Waals surface area contributed by atoms with Crippen molar-refractivity contribution in [2.75, 3.05) is 38.5 Å². The third kappa shape index (κ3) is 13.2. The molecule has 0 atom stereocenters. The Morgan fingerprint density at radius 1 is 0.964 bits per heavy atom. The zero-order valence-corrected chi connectivity index (χ0v) is 17.2. The van der Waals surface area contributed by atoms with E-state index in [1.165, 1.54) is 0 Å². The second kappa shape index (κ2) is 16.0. The number of nitrogens with one attached hydrogen (secondary N) is 1. The molecule has 1 aromatic carbocycles. The number of nitrogens with zero attached hydrogens (tertiary/aromatic N) is 1. The summed E-state index contributed by atoms with van der Waals surface area (Å²) in [6.07, 6.45) is 2.24. The van der Waals surface area contributed by atoms with Crippen LogP contribution in [0.5, 0.6) is 0 Å². The minimum absolute atomic E-state index is 0. The summed E-state index contributed by atoms with van der Waals surface area (Å²) in [6, 6.07) is 8.65. The molecule has 1 aromatic rings. The second-order valence-electron chi connectivity index (χ2n) is 5.73. The summed E-state index contributed by atoms with van der Waals surface area (Å²) in [6.45, 7) is 9.07. The van der Waals surface area contributed by atoms with Gasteiger partial charge < -0.3 is 25.9 Å². The van der Waals surface area contributed by atoms with Crippen LogP contribution in [0.15, 0.2) is 35.2 Å². The fraction of sp³-hybridized carbons (Fsp3) is 0.556. The van der Waals surface area contributed by atoms with E-state index < -0.39 is 21.8 Å². The van der Waals surface area contributed by atoms with Crippen LogP contribution in [0.4, 0.5) is 0 Å². The van der Waals surface area contributed by atoms with Crippen LogP contribution in [-0.4, -0.2) is 79.4 Å². The van der Waals surface area contributed by atoms with E-state index in [9.17, 15) is 8.42 Å². The predicted molar refractivity (Wildman–Crippen MR) is 107 cm³/mol. The van der Waals surface area contributed by atoms with Gasteiger partial charge in [-0.3, -0.25) is 0 Å². The molecule has 28 heavy (non-hydrogen) atoms. The molecule has 162 valence electrons. The largest absolute Gasteiger partial charge is 0.473 e. The smallest absolute Gasteiger partial charge is 0.414 e. The van der Waals surface area contributed by atoms with E-state index in [0.29, 0.717) is 11.4 Å². The van der Waals surface area contributed by atoms with Gasteiger partial charge in [0.1, 0.15) is 0 Å². The molecule has 0 saturated carbocycles. The highest BCUT2D eigenvalue weighted by molar-refractivity contribution is 7.91. The molecule has 0 aromatic heterocycles. The van der Waals surface area contributed by atoms with Gasteiger partial charge in [-0.25, -0.2) is 18.0 Å². The first-order valence-electron chi connectivity index (χ1n) is 8.91. The Bertz CT molecular complexity index is 635. The lowest BCUT2D eigenvalue weighted by Crippen LogP contribution is -2.26. The van der Waals surface area contributed by atoms with E-state index in [1.807, 2.05) is 6.07 Å². The average molecular weight is 421 g/mol. The van der Waals surface area contributed by atoms with Crippen LogP contribution in [0.3, 0.4) is 0 Å². The SMILES string of the molecule is CCN(CC)CCCCNCCS(=O)(=O)c1ccccc1.O.O=C(O)C(=O)O. The van der Waals surface area contributed by atoms with Gasteiger partial charge in [0.05, 0.1) is 10.6 Å². The van der Waals surface area contributed by atoms with Crippen LogP contribution < -0.4 is 5.32 Å². The highest BCUT2D eigenvalue weighted by Crippen LogP contribution is 2.09. The number of sulfone groups is 1. The highest BCUT2D eigenvalue weighted by Gasteiger charge is 2.12. The second-order valence-corrected chi connectivity index (χ2v) is 7.84. The summed E-state index contributed by atoms with van der Waals surface area (Å²) in [7, 11) is -3.15. The molecule has 0 unspecified atom stereocenters. The van der Waals surface area contributed by atoms with Crippen molar-refractivity contribution < 1.29 is 33.7 Å². The van der Waals surface area contributed by atoms with Gasteiger partial charge in [0.2, 0.25) is 0 Å². The van der Waals surface area contributed by atoms with Crippen molar-refractivity contribution in [2.45, 2.75) is 31.6 Å². The number of benzene rings is 1. The van der Waals surface area contributed by atoms with E-state index in [0.717, 1.165) is 39.0 Å². The third-order valence-electron chi connectivity index (χ3n) is 3.81. The minimum atomic E-state index is -3.15. The van der Waals surface area contributed by atoms with Gasteiger partial charge >= 0.3 is 11.9 Å². The lowest BCUT2D eigenvalue weighted by Gasteiger charge is -2.17. The lowest BCUT2D eigenvalue weighted by molar-refractivity contribution is -0.159. The number of carboxylic acid groups (broad SMARTS) is 2. The zero-order valence-electron chi connectivity index (χ0n) is 16.4. The maximum Gasteiger partial charge on any atom is 0.414 e. The Labute approximate surface area is 166 Å². The van der Waals surface area contributed by atoms with Crippen molar-refractivity contribution in [1.29, 1.82) is 0 Å². The van der Waals surface area contributed by atoms with Gasteiger partial charge in [-0.2, -0.15) is 0 Å². The molecule has 9 nitrogen and oxygen atoms in total. The van der Waals surface area contributed by atoms with E-state index in [2.05, 4.69) is 24.1 Å². The van der Waals surface area contributed by atoms with Crippen molar-refractivity contribution in [3.05, 3.63) is 30.3 Å². The third-order valence-corrected chi connectivity index (χ3v) is 5.54. The minimum Gasteiger partial charge on any atom is -0.473 e. The Morgan fingerprint density at radius 3 is 1.96 bits per heavy atom. The number of unbranched alkanes of at least 4 members (excludes halogenated alkanes) is 1. The molecular formula is C18H32N2O7S. The molecular weight excluding hydrogens is 388 g/mol. The molecule has 0 aliphatic carbocycles. The Kier molecular flexibility index (Phi) is 16.1. The van der Waals surface area contributed by atoms with Gasteiger partial charge in [-0.1, -0.05) is 32.0 Å². The molecule has 0 aliphatic heterocycles. The fourth-order valence-corrected chi connectivity index (χ4v) is 3.42. The molecule has 0 bridgehead atoms. The molecule has 0 saturated heterocycles. The fourth-order valence-electron chi connectivity index (χ4n) is 2.20. The number of rotatable bonds is 11. The Morgan fingerprint density at radius 2 is 1.50 bits per heavy atom. The van der Waals surface area contributed by atoms with Crippen LogP contribution in [0.2, 0.25) is 0 Å². The molecule has 0 fully saturated rings. The summed E-state index contributed by atoms with van der Waals surface area (Å²) in [4.78, 5) is 21.0. The van der Waals surface area contributed by atoms with Crippen molar-refractivity contribution in [2.24, 2.45) is 0 Å². The highest BCUT2D eigenvalue weighted by atomic mass is 32.2. The van der Waals surface area contributed by atoms with Crippen LogP contribution in [0, 0.1) is 0 Å². The molecule has 10 heteroatoms. The number of hydrogen-bond acceptors (Lipinski definition) is 6. The number of hydrogen-bond donors (Lipinski definition) is 3. The van der Waals surface area contributed by atoms with Crippen molar-refractivity contribution >= 4 is 21.8 Å². The molecule has 0 aliphatic rings. The molecule has 0 heterocycles. The normalized spacial score (nSPS) is 10.5. The van der Waals surface area contributed by atoms with Gasteiger partial charge in [-0.05, 0) is 51.2 Å². The monoisotopic (exact) mass is 420 g/mol. The molecule has 0 radical (unpaired) electrons. The predicted octanol–water partition coefficient (Wildman–Crippen LogP) is 0.503. The van der Waals surface area contributed by atoms with Gasteiger partial charge in [0.25, 0.3) is 0 Å². The molecule has 0 amide bonds. The lowest BCUT2D eigenvalue weighted by atomic mass is 10.3. The van der Waals surface area contributed by atoms with E-state index in [4.69, 9.17) is 19.8 Å². The quantitative estimate of drug-likeness (QED) is 0.345. The molecule has 5 N–H and O–H groups in total. The molecule has 0 spiro atoms. The van der Waals surface area contributed by atoms with E-state index >= 15 is 0 Å². The van der Waals surface area contributed by atoms with Crippen molar-refractivity contribution in [1.82, 2.24) is 10.2 Å². The summed E-state index contributed by atoms with van der Waals surface area (Å²) in [5, 5.41) is 18.0. The summed E-state index contributed by atoms with van der Waals surface area (Å²) in [5.41, 5.74) is 0. The number of aliphatic carboxylic acids is 2. The first kappa shape index (κ1) is 28.2. The van der Waals surface area contributed by atoms with Gasteiger partial charge in [0, 0.05) is 6.54 Å². The Hall–Kier alpha value is -2.01. The maximum absolute atomic E-state index is 12.0. The van der Waals surface area contributed by atoms with E-state index in [-0.39, 0.29) is 11.2 Å². The zero-order chi connectivity index (χ0) is 20.7. The summed E-state index contributed by atoms with van der Waals surface area (Å²) < 4.78 is 24.1. The summed E-state index contributed by atoms with van der Waals surface area (Å²) >= 11 is 0. The average Bonchev–Trinajstić information content (AvgIpc) is 2.65. The van der Waals surface area contributed by atoms with Crippen LogP contribution in [0.25, 0.3) is 0 Å². The van der Waals surface area contributed by atoms with Crippen LogP contribution in [0.1, 0.15) is 26.7 Å². The first-order chi connectivity index (χ1) is 12.7. The van der Waals surface area contributed by atoms with Crippen molar-refractivity contribution in [3.63, 3.8) is 0 Å². The Balaban J connectivity index is 0. The summed E-state index contributed by atoms with van der Waals surface area (Å²) in [5.74, 6) is -3.49. The van der Waals surface area contributed by atoms with E-state index in [1.54, 1.807) is 24.3 Å². The van der Waals surface area contributed by atoms with Gasteiger partial charge in [0.15, 0.2) is 9.84 Å². The molecule has 1 rings (SSSR count). The number of carboxylic acids is 2. The standard InChI is InChI=1S/C16H28N2O2S.C2H2O4.H2O/c1-3-18(4-2)14-9-8-12-17-13-15-21(19,20)16-10-6-5-7-11-16;3-1(4)2(5)6;/h5-7,10-11,17H,3-4,8-9,12-15H2,1-2H3;(H,3,4)(H,5,6);1H2. The van der Waals surface area contributed by atoms with Crippen molar-refractivity contribution in [3.8, 4) is 0 Å². The van der Waals surface area contributed by atoms with Crippen LogP contribution in [-0.2, 0) is 19.4 Å².